The van der Waals surface area contributed by atoms with Crippen LogP contribution in [0.4, 0.5) is 4.39 Å². The number of halogens is 1. The Balaban J connectivity index is 2.14. The van der Waals surface area contributed by atoms with Crippen LogP contribution in [-0.4, -0.2) is 43.5 Å². The fourth-order valence-corrected chi connectivity index (χ4v) is 4.04. The minimum absolute atomic E-state index is 0.267. The summed E-state index contributed by atoms with van der Waals surface area (Å²) in [6.45, 7) is 1.79. The summed E-state index contributed by atoms with van der Waals surface area (Å²) in [5.41, 5.74) is 5.23. The van der Waals surface area contributed by atoms with Gasteiger partial charge in [-0.25, -0.2) is 12.8 Å². The lowest BCUT2D eigenvalue weighted by molar-refractivity contribution is -0.134. The number of likely N-dealkylation sites (tertiary alicyclic amines) is 1. The first-order valence-electron chi connectivity index (χ1n) is 7.31. The first-order valence-corrected chi connectivity index (χ1v) is 8.86. The number of hydrogen-bond acceptors (Lipinski definition) is 4. The zero-order valence-corrected chi connectivity index (χ0v) is 13.6. The van der Waals surface area contributed by atoms with E-state index in [9.17, 15) is 22.4 Å². The van der Waals surface area contributed by atoms with Gasteiger partial charge in [0.25, 0.3) is 0 Å². The Hall–Kier alpha value is -1.96. The van der Waals surface area contributed by atoms with Gasteiger partial charge in [0.1, 0.15) is 16.0 Å². The van der Waals surface area contributed by atoms with Crippen LogP contribution in [0.25, 0.3) is 0 Å². The standard InChI is InChI=1S/C15H19FN2O4S/c1-10(23(21,22)13-5-3-2-4-12(13)16)15(20)18-8-6-11(7-9-18)14(17)19/h2-5,10-11H,6-9H2,1H3,(H2,17,19)/t10-/m0/s1. The molecule has 1 fully saturated rings. The van der Waals surface area contributed by atoms with E-state index >= 15 is 0 Å². The van der Waals surface area contributed by atoms with Gasteiger partial charge in [0.05, 0.1) is 0 Å². The summed E-state index contributed by atoms with van der Waals surface area (Å²) >= 11 is 0. The Morgan fingerprint density at radius 1 is 1.26 bits per heavy atom. The van der Waals surface area contributed by atoms with E-state index in [2.05, 4.69) is 0 Å². The number of carbonyl (C=O) groups is 2. The number of rotatable bonds is 4. The summed E-state index contributed by atoms with van der Waals surface area (Å²) in [6, 6.07) is 4.98. The van der Waals surface area contributed by atoms with Gasteiger partial charge in [0.15, 0.2) is 9.84 Å². The second-order valence-corrected chi connectivity index (χ2v) is 7.86. The third kappa shape index (κ3) is 3.52. The van der Waals surface area contributed by atoms with Crippen LogP contribution >= 0.6 is 0 Å². The zero-order chi connectivity index (χ0) is 17.2. The van der Waals surface area contributed by atoms with E-state index in [0.717, 1.165) is 12.1 Å². The zero-order valence-electron chi connectivity index (χ0n) is 12.7. The van der Waals surface area contributed by atoms with E-state index in [-0.39, 0.29) is 19.0 Å². The van der Waals surface area contributed by atoms with Crippen LogP contribution in [0.3, 0.4) is 0 Å². The van der Waals surface area contributed by atoms with Crippen molar-refractivity contribution in [3.05, 3.63) is 30.1 Å². The number of nitrogens with zero attached hydrogens (tertiary/aromatic N) is 1. The Bertz CT molecular complexity index is 712. The van der Waals surface area contributed by atoms with Crippen LogP contribution in [0.5, 0.6) is 0 Å². The van der Waals surface area contributed by atoms with Crippen molar-refractivity contribution in [2.45, 2.75) is 29.9 Å². The lowest BCUT2D eigenvalue weighted by Crippen LogP contribution is -2.47. The fraction of sp³-hybridized carbons (Fsp3) is 0.467. The Labute approximate surface area is 134 Å². The summed E-state index contributed by atoms with van der Waals surface area (Å²) in [6.07, 6.45) is 0.821. The van der Waals surface area contributed by atoms with E-state index in [1.54, 1.807) is 0 Å². The second-order valence-electron chi connectivity index (χ2n) is 5.62. The minimum atomic E-state index is -4.11. The highest BCUT2D eigenvalue weighted by Crippen LogP contribution is 2.23. The van der Waals surface area contributed by atoms with Crippen molar-refractivity contribution in [3.8, 4) is 0 Å². The van der Waals surface area contributed by atoms with Crippen molar-refractivity contribution >= 4 is 21.7 Å². The van der Waals surface area contributed by atoms with Crippen LogP contribution in [0.2, 0.25) is 0 Å². The average molecular weight is 342 g/mol. The Morgan fingerprint density at radius 3 is 2.35 bits per heavy atom. The summed E-state index contributed by atoms with van der Waals surface area (Å²) in [7, 11) is -4.11. The van der Waals surface area contributed by atoms with Crippen LogP contribution in [0.15, 0.2) is 29.2 Å². The molecule has 2 amide bonds. The van der Waals surface area contributed by atoms with Crippen molar-refractivity contribution in [1.82, 2.24) is 4.90 Å². The molecule has 1 aliphatic heterocycles. The van der Waals surface area contributed by atoms with Crippen LogP contribution in [0.1, 0.15) is 19.8 Å². The first kappa shape index (κ1) is 17.4. The molecular weight excluding hydrogens is 323 g/mol. The van der Waals surface area contributed by atoms with Gasteiger partial charge < -0.3 is 10.6 Å². The van der Waals surface area contributed by atoms with Crippen LogP contribution in [0, 0.1) is 11.7 Å². The molecule has 0 aliphatic carbocycles. The molecule has 126 valence electrons. The SMILES string of the molecule is C[C@@H](C(=O)N1CCC(C(N)=O)CC1)S(=O)(=O)c1ccccc1F. The minimum Gasteiger partial charge on any atom is -0.369 e. The monoisotopic (exact) mass is 342 g/mol. The van der Waals surface area contributed by atoms with Crippen LogP contribution in [-0.2, 0) is 19.4 Å². The molecule has 1 saturated heterocycles. The summed E-state index contributed by atoms with van der Waals surface area (Å²) in [5, 5.41) is -1.38. The highest BCUT2D eigenvalue weighted by atomic mass is 32.2. The molecule has 0 unspecified atom stereocenters. The smallest absolute Gasteiger partial charge is 0.241 e. The highest BCUT2D eigenvalue weighted by molar-refractivity contribution is 7.92. The predicted octanol–water partition coefficient (Wildman–Crippen LogP) is 0.712. The number of nitrogens with two attached hydrogens (primary N) is 1. The number of carbonyl (C=O) groups excluding carboxylic acids is 2. The Morgan fingerprint density at radius 2 is 1.83 bits per heavy atom. The second kappa shape index (κ2) is 6.66. The molecule has 0 aromatic heterocycles. The van der Waals surface area contributed by atoms with E-state index in [1.165, 1.54) is 24.0 Å². The van der Waals surface area contributed by atoms with Crippen LogP contribution < -0.4 is 5.73 Å². The topological polar surface area (TPSA) is 97.5 Å². The average Bonchev–Trinajstić information content (AvgIpc) is 2.53. The third-order valence-corrected chi connectivity index (χ3v) is 6.24. The van der Waals surface area contributed by atoms with Crippen molar-refractivity contribution < 1.29 is 22.4 Å². The maximum Gasteiger partial charge on any atom is 0.241 e. The molecule has 23 heavy (non-hydrogen) atoms. The molecule has 1 heterocycles. The number of benzene rings is 1. The molecule has 2 rings (SSSR count). The van der Waals surface area contributed by atoms with Gasteiger partial charge in [-0.3, -0.25) is 9.59 Å². The molecule has 1 aromatic rings. The molecule has 0 radical (unpaired) electrons. The largest absolute Gasteiger partial charge is 0.369 e. The van der Waals surface area contributed by atoms with Gasteiger partial charge in [-0.15, -0.1) is 0 Å². The molecule has 2 N–H and O–H groups in total. The van der Waals surface area contributed by atoms with Gasteiger partial charge in [0.2, 0.25) is 11.8 Å². The van der Waals surface area contributed by atoms with Gasteiger partial charge in [-0.05, 0) is 31.9 Å². The van der Waals surface area contributed by atoms with Gasteiger partial charge in [-0.1, -0.05) is 12.1 Å². The molecule has 1 aliphatic rings. The molecule has 0 saturated carbocycles. The van der Waals surface area contributed by atoms with Crippen molar-refractivity contribution in [3.63, 3.8) is 0 Å². The van der Waals surface area contributed by atoms with E-state index in [1.807, 2.05) is 0 Å². The van der Waals surface area contributed by atoms with Gasteiger partial charge in [-0.2, -0.15) is 0 Å². The maximum absolute atomic E-state index is 13.7. The van der Waals surface area contributed by atoms with E-state index < -0.39 is 37.6 Å². The lowest BCUT2D eigenvalue weighted by Gasteiger charge is -2.32. The number of primary amides is 1. The van der Waals surface area contributed by atoms with E-state index in [4.69, 9.17) is 5.73 Å². The van der Waals surface area contributed by atoms with E-state index in [0.29, 0.717) is 12.8 Å². The molecule has 0 spiro atoms. The molecule has 6 nitrogen and oxygen atoms in total. The van der Waals surface area contributed by atoms with Crippen molar-refractivity contribution in [1.29, 1.82) is 0 Å². The molecule has 1 aromatic carbocycles. The number of sulfone groups is 1. The van der Waals surface area contributed by atoms with Crippen molar-refractivity contribution in [2.24, 2.45) is 11.7 Å². The molecular formula is C15H19FN2O4S. The third-order valence-electron chi connectivity index (χ3n) is 4.17. The number of amides is 2. The van der Waals surface area contributed by atoms with Gasteiger partial charge >= 0.3 is 0 Å². The quantitative estimate of drug-likeness (QED) is 0.871. The molecule has 1 atom stereocenters. The Kier molecular flexibility index (Phi) is 5.03. The summed E-state index contributed by atoms with van der Waals surface area (Å²) < 4.78 is 38.6. The van der Waals surface area contributed by atoms with Crippen molar-refractivity contribution in [2.75, 3.05) is 13.1 Å². The van der Waals surface area contributed by atoms with Gasteiger partial charge in [0, 0.05) is 19.0 Å². The normalized spacial score (nSPS) is 17.7. The molecule has 8 heteroatoms. The lowest BCUT2D eigenvalue weighted by atomic mass is 9.96. The fourth-order valence-electron chi connectivity index (χ4n) is 2.64. The molecule has 0 bridgehead atoms. The predicted molar refractivity (Wildman–Crippen MR) is 81.5 cm³/mol. The summed E-state index contributed by atoms with van der Waals surface area (Å²) in [4.78, 5) is 24.5. The maximum atomic E-state index is 13.7. The number of hydrogen-bond donors (Lipinski definition) is 1. The highest BCUT2D eigenvalue weighted by Gasteiger charge is 2.36. The summed E-state index contributed by atoms with van der Waals surface area (Å²) in [5.74, 6) is -2.17. The number of piperidine rings is 1. The first-order chi connectivity index (χ1) is 10.7.